The SMILES string of the molecule is Cc1c(C(F)F)ncc(N)c1C(=O)Cl. The Morgan fingerprint density at radius 3 is 2.64 bits per heavy atom. The summed E-state index contributed by atoms with van der Waals surface area (Å²) in [5.74, 6) is 0. The van der Waals surface area contributed by atoms with Crippen LogP contribution in [-0.2, 0) is 0 Å². The van der Waals surface area contributed by atoms with Crippen LogP contribution in [0.2, 0.25) is 0 Å². The number of nitrogens with two attached hydrogens (primary N) is 1. The van der Waals surface area contributed by atoms with Crippen molar-refractivity contribution in [3.05, 3.63) is 23.0 Å². The van der Waals surface area contributed by atoms with E-state index in [1.165, 1.54) is 6.92 Å². The van der Waals surface area contributed by atoms with E-state index in [-0.39, 0.29) is 16.8 Å². The molecule has 1 aromatic rings. The first kappa shape index (κ1) is 10.8. The number of nitrogens with zero attached hydrogens (tertiary/aromatic N) is 1. The Morgan fingerprint density at radius 2 is 2.21 bits per heavy atom. The summed E-state index contributed by atoms with van der Waals surface area (Å²) >= 11 is 5.20. The smallest absolute Gasteiger partial charge is 0.280 e. The topological polar surface area (TPSA) is 56.0 Å². The zero-order valence-corrected chi connectivity index (χ0v) is 7.98. The van der Waals surface area contributed by atoms with E-state index in [4.69, 9.17) is 17.3 Å². The van der Waals surface area contributed by atoms with Crippen LogP contribution in [0.1, 0.15) is 28.0 Å². The molecule has 2 N–H and O–H groups in total. The van der Waals surface area contributed by atoms with Gasteiger partial charge in [-0.3, -0.25) is 9.78 Å². The molecule has 6 heteroatoms. The number of anilines is 1. The molecule has 1 heterocycles. The number of carbonyl (C=O) groups excluding carboxylic acids is 1. The van der Waals surface area contributed by atoms with Crippen molar-refractivity contribution in [2.45, 2.75) is 13.3 Å². The van der Waals surface area contributed by atoms with Crippen LogP contribution in [0, 0.1) is 6.92 Å². The average molecular weight is 221 g/mol. The Hall–Kier alpha value is -1.23. The van der Waals surface area contributed by atoms with Crippen molar-refractivity contribution in [3.63, 3.8) is 0 Å². The third-order valence-corrected chi connectivity index (χ3v) is 1.98. The quantitative estimate of drug-likeness (QED) is 0.778. The van der Waals surface area contributed by atoms with Gasteiger partial charge in [-0.1, -0.05) is 0 Å². The van der Waals surface area contributed by atoms with Gasteiger partial charge in [-0.05, 0) is 24.1 Å². The van der Waals surface area contributed by atoms with E-state index in [1.54, 1.807) is 0 Å². The summed E-state index contributed by atoms with van der Waals surface area (Å²) in [5.41, 5.74) is 4.84. The molecule has 0 unspecified atom stereocenters. The number of pyridine rings is 1. The van der Waals surface area contributed by atoms with Crippen molar-refractivity contribution in [1.82, 2.24) is 4.98 Å². The van der Waals surface area contributed by atoms with E-state index in [0.29, 0.717) is 0 Å². The van der Waals surface area contributed by atoms with Crippen LogP contribution in [0.5, 0.6) is 0 Å². The molecule has 0 aliphatic carbocycles. The first-order valence-corrected chi connectivity index (χ1v) is 4.06. The minimum atomic E-state index is -2.75. The molecular weight excluding hydrogens is 214 g/mol. The zero-order valence-electron chi connectivity index (χ0n) is 7.22. The standard InChI is InChI=1S/C8H7ClF2N2O/c1-3-5(7(9)14)4(12)2-13-6(3)8(10)11/h2,8H,12H2,1H3. The second-order valence-electron chi connectivity index (χ2n) is 2.67. The van der Waals surface area contributed by atoms with Crippen molar-refractivity contribution >= 4 is 22.5 Å². The molecule has 76 valence electrons. The molecule has 0 spiro atoms. The summed E-state index contributed by atoms with van der Waals surface area (Å²) in [6, 6.07) is 0. The van der Waals surface area contributed by atoms with Gasteiger partial charge < -0.3 is 5.73 Å². The third-order valence-electron chi connectivity index (χ3n) is 1.79. The second-order valence-corrected chi connectivity index (χ2v) is 3.02. The molecular formula is C8H7ClF2N2O. The monoisotopic (exact) mass is 220 g/mol. The lowest BCUT2D eigenvalue weighted by Crippen LogP contribution is -2.06. The number of hydrogen-bond donors (Lipinski definition) is 1. The number of carbonyl (C=O) groups is 1. The third kappa shape index (κ3) is 1.82. The van der Waals surface area contributed by atoms with E-state index >= 15 is 0 Å². The Bertz CT molecular complexity index is 382. The molecule has 0 aliphatic heterocycles. The predicted molar refractivity (Wildman–Crippen MR) is 48.5 cm³/mol. The molecule has 3 nitrogen and oxygen atoms in total. The normalized spacial score (nSPS) is 10.6. The van der Waals surface area contributed by atoms with Crippen molar-refractivity contribution in [2.75, 3.05) is 5.73 Å². The summed E-state index contributed by atoms with van der Waals surface area (Å²) in [5, 5.41) is -0.857. The summed E-state index contributed by atoms with van der Waals surface area (Å²) in [6.07, 6.45) is -1.74. The number of aromatic nitrogens is 1. The fourth-order valence-corrected chi connectivity index (χ4v) is 1.38. The van der Waals surface area contributed by atoms with Gasteiger partial charge in [0.1, 0.15) is 5.69 Å². The van der Waals surface area contributed by atoms with Crippen molar-refractivity contribution in [1.29, 1.82) is 0 Å². The van der Waals surface area contributed by atoms with Crippen LogP contribution in [-0.4, -0.2) is 10.2 Å². The molecule has 0 fully saturated rings. The highest BCUT2D eigenvalue weighted by atomic mass is 35.5. The van der Waals surface area contributed by atoms with Gasteiger partial charge in [0, 0.05) is 0 Å². The van der Waals surface area contributed by atoms with Gasteiger partial charge in [0.2, 0.25) is 0 Å². The molecule has 0 bridgehead atoms. The molecule has 0 atom stereocenters. The maximum atomic E-state index is 12.3. The van der Waals surface area contributed by atoms with Gasteiger partial charge in [-0.15, -0.1) is 0 Å². The fraction of sp³-hybridized carbons (Fsp3) is 0.250. The van der Waals surface area contributed by atoms with Crippen LogP contribution in [0.4, 0.5) is 14.5 Å². The fourth-order valence-electron chi connectivity index (χ4n) is 1.13. The van der Waals surface area contributed by atoms with Crippen LogP contribution in [0.25, 0.3) is 0 Å². The first-order chi connectivity index (χ1) is 6.45. The van der Waals surface area contributed by atoms with Gasteiger partial charge in [-0.25, -0.2) is 8.78 Å². The number of rotatable bonds is 2. The van der Waals surface area contributed by atoms with E-state index in [0.717, 1.165) is 6.20 Å². The Kier molecular flexibility index (Phi) is 3.00. The second kappa shape index (κ2) is 3.88. The average Bonchev–Trinajstić information content (AvgIpc) is 2.02. The summed E-state index contributed by atoms with van der Waals surface area (Å²) in [4.78, 5) is 14.3. The van der Waals surface area contributed by atoms with Crippen LogP contribution < -0.4 is 5.73 Å². The number of nitrogen functional groups attached to an aromatic ring is 1. The number of halogens is 3. The maximum absolute atomic E-state index is 12.3. The van der Waals surface area contributed by atoms with Crippen molar-refractivity contribution in [2.24, 2.45) is 0 Å². The van der Waals surface area contributed by atoms with Gasteiger partial charge in [0.15, 0.2) is 0 Å². The minimum Gasteiger partial charge on any atom is -0.397 e. The molecule has 1 rings (SSSR count). The molecule has 0 aromatic carbocycles. The molecule has 0 aliphatic rings. The van der Waals surface area contributed by atoms with E-state index in [9.17, 15) is 13.6 Å². The van der Waals surface area contributed by atoms with Gasteiger partial charge in [-0.2, -0.15) is 0 Å². The van der Waals surface area contributed by atoms with Crippen LogP contribution >= 0.6 is 11.6 Å². The maximum Gasteiger partial charge on any atom is 0.280 e. The molecule has 0 radical (unpaired) electrons. The molecule has 1 aromatic heterocycles. The van der Waals surface area contributed by atoms with Gasteiger partial charge >= 0.3 is 0 Å². The van der Waals surface area contributed by atoms with Crippen LogP contribution in [0.15, 0.2) is 6.20 Å². The lowest BCUT2D eigenvalue weighted by Gasteiger charge is -2.08. The van der Waals surface area contributed by atoms with Gasteiger partial charge in [0.25, 0.3) is 11.7 Å². The summed E-state index contributed by atoms with van der Waals surface area (Å²) in [6.45, 7) is 1.33. The lowest BCUT2D eigenvalue weighted by atomic mass is 10.1. The van der Waals surface area contributed by atoms with Crippen molar-refractivity contribution < 1.29 is 13.6 Å². The number of hydrogen-bond acceptors (Lipinski definition) is 3. The van der Waals surface area contributed by atoms with Crippen LogP contribution in [0.3, 0.4) is 0 Å². The summed E-state index contributed by atoms with van der Waals surface area (Å²) in [7, 11) is 0. The highest BCUT2D eigenvalue weighted by molar-refractivity contribution is 6.68. The minimum absolute atomic E-state index is 0.00639. The van der Waals surface area contributed by atoms with E-state index in [1.807, 2.05) is 0 Å². The molecule has 0 saturated carbocycles. The Morgan fingerprint density at radius 1 is 1.64 bits per heavy atom. The zero-order chi connectivity index (χ0) is 10.9. The largest absolute Gasteiger partial charge is 0.397 e. The van der Waals surface area contributed by atoms with E-state index in [2.05, 4.69) is 4.98 Å². The molecule has 0 amide bonds. The first-order valence-electron chi connectivity index (χ1n) is 3.68. The van der Waals surface area contributed by atoms with E-state index < -0.39 is 17.4 Å². The highest BCUT2D eigenvalue weighted by Gasteiger charge is 2.19. The Labute approximate surface area is 83.9 Å². The Balaban J connectivity index is 3.41. The van der Waals surface area contributed by atoms with Gasteiger partial charge in [0.05, 0.1) is 17.4 Å². The summed E-state index contributed by atoms with van der Waals surface area (Å²) < 4.78 is 24.7. The lowest BCUT2D eigenvalue weighted by molar-refractivity contribution is 0.108. The molecule has 14 heavy (non-hydrogen) atoms. The highest BCUT2D eigenvalue weighted by Crippen LogP contribution is 2.26. The predicted octanol–water partition coefficient (Wildman–Crippen LogP) is 2.29. The number of alkyl halides is 2. The molecule has 0 saturated heterocycles. The van der Waals surface area contributed by atoms with Crippen molar-refractivity contribution in [3.8, 4) is 0 Å².